The van der Waals surface area contributed by atoms with Gasteiger partial charge in [-0.15, -0.1) is 0 Å². The van der Waals surface area contributed by atoms with E-state index in [0.29, 0.717) is 16.7 Å². The largest absolute Gasteiger partial charge is 0.309 e. The predicted molar refractivity (Wildman–Crippen MR) is 200 cm³/mol. The second kappa shape index (κ2) is 11.4. The van der Waals surface area contributed by atoms with Gasteiger partial charge in [-0.1, -0.05) is 78.9 Å². The van der Waals surface area contributed by atoms with Gasteiger partial charge in [-0.05, 0) is 83.9 Å². The Hall–Kier alpha value is -7.39. The Morgan fingerprint density at radius 2 is 1.02 bits per heavy atom. The molecule has 0 saturated carbocycles. The van der Waals surface area contributed by atoms with Crippen molar-refractivity contribution in [3.8, 4) is 51.8 Å². The molecule has 0 unspecified atom stereocenters. The van der Waals surface area contributed by atoms with E-state index in [1.54, 1.807) is 0 Å². The smallest absolute Gasteiger partial charge is 0.0998 e. The summed E-state index contributed by atoms with van der Waals surface area (Å²) in [7, 11) is 0. The molecule has 230 valence electrons. The van der Waals surface area contributed by atoms with Crippen molar-refractivity contribution >= 4 is 43.6 Å². The van der Waals surface area contributed by atoms with Crippen LogP contribution in [0.3, 0.4) is 0 Å². The van der Waals surface area contributed by atoms with Crippen LogP contribution in [-0.2, 0) is 0 Å². The highest BCUT2D eigenvalue weighted by Crippen LogP contribution is 2.39. The van der Waals surface area contributed by atoms with E-state index in [2.05, 4.69) is 81.9 Å². The fourth-order valence-corrected chi connectivity index (χ4v) is 7.39. The van der Waals surface area contributed by atoms with E-state index in [-0.39, 0.29) is 0 Å². The van der Waals surface area contributed by atoms with E-state index in [1.807, 2.05) is 97.1 Å². The number of benzene rings is 7. The molecule has 0 N–H and O–H groups in total. The number of nitriles is 3. The fourth-order valence-electron chi connectivity index (χ4n) is 7.39. The average Bonchev–Trinajstić information content (AvgIpc) is 3.69. The fraction of sp³-hybridized carbons (Fsp3) is 0. The molecule has 0 atom stereocenters. The minimum Gasteiger partial charge on any atom is -0.309 e. The molecule has 0 fully saturated rings. The lowest BCUT2D eigenvalue weighted by atomic mass is 9.94. The van der Waals surface area contributed by atoms with Crippen molar-refractivity contribution in [3.05, 3.63) is 168 Å². The van der Waals surface area contributed by atoms with Crippen LogP contribution in [-0.4, -0.2) is 9.13 Å². The molecule has 50 heavy (non-hydrogen) atoms. The molecule has 2 heterocycles. The number of hydrogen-bond acceptors (Lipinski definition) is 3. The Labute approximate surface area is 287 Å². The molecule has 5 nitrogen and oxygen atoms in total. The summed E-state index contributed by atoms with van der Waals surface area (Å²) >= 11 is 0. The zero-order chi connectivity index (χ0) is 33.8. The maximum absolute atomic E-state index is 10.3. The van der Waals surface area contributed by atoms with Crippen LogP contribution < -0.4 is 0 Å². The van der Waals surface area contributed by atoms with Crippen LogP contribution in [0.1, 0.15) is 16.7 Å². The van der Waals surface area contributed by atoms with Crippen LogP contribution >= 0.6 is 0 Å². The van der Waals surface area contributed by atoms with Crippen LogP contribution in [0.25, 0.3) is 77.2 Å². The summed E-state index contributed by atoms with van der Waals surface area (Å²) in [6, 6.07) is 57.8. The van der Waals surface area contributed by atoms with Crippen LogP contribution in [0.15, 0.2) is 152 Å². The van der Waals surface area contributed by atoms with Crippen molar-refractivity contribution in [2.45, 2.75) is 0 Å². The van der Waals surface area contributed by atoms with E-state index >= 15 is 0 Å². The lowest BCUT2D eigenvalue weighted by molar-refractivity contribution is 1.18. The molecule has 0 radical (unpaired) electrons. The number of aromatic nitrogens is 2. The highest BCUT2D eigenvalue weighted by molar-refractivity contribution is 6.11. The first-order chi connectivity index (χ1) is 24.7. The van der Waals surface area contributed by atoms with Gasteiger partial charge in [-0.2, -0.15) is 15.8 Å². The molecule has 9 rings (SSSR count). The standard InChI is InChI=1S/C45H25N5/c46-26-29-17-21-44-40(22-29)37-12-3-6-15-43(37)50(44)41-13-4-1-10-35(41)32-18-19-33(28-48)39(25-32)31-8-7-9-34(24-31)49-42-14-5-2-11-36(42)38-20-16-30(27-47)23-45(38)49/h1-25H. The van der Waals surface area contributed by atoms with Crippen molar-refractivity contribution < 1.29 is 0 Å². The Morgan fingerprint density at radius 1 is 0.380 bits per heavy atom. The molecule has 0 bridgehead atoms. The molecule has 0 saturated heterocycles. The van der Waals surface area contributed by atoms with E-state index < -0.39 is 0 Å². The maximum atomic E-state index is 10.3. The normalized spacial score (nSPS) is 11.1. The molecule has 0 aliphatic carbocycles. The lowest BCUT2D eigenvalue weighted by Crippen LogP contribution is -1.98. The predicted octanol–water partition coefficient (Wildman–Crippen LogP) is 10.8. The Morgan fingerprint density at radius 3 is 1.82 bits per heavy atom. The first-order valence-electron chi connectivity index (χ1n) is 16.3. The maximum Gasteiger partial charge on any atom is 0.0998 e. The van der Waals surface area contributed by atoms with Gasteiger partial charge in [0.05, 0.1) is 62.7 Å². The number of para-hydroxylation sites is 3. The quantitative estimate of drug-likeness (QED) is 0.193. The van der Waals surface area contributed by atoms with E-state index in [1.165, 1.54) is 0 Å². The summed E-state index contributed by atoms with van der Waals surface area (Å²) in [6.45, 7) is 0. The van der Waals surface area contributed by atoms with Crippen LogP contribution in [0.4, 0.5) is 0 Å². The highest BCUT2D eigenvalue weighted by Gasteiger charge is 2.18. The van der Waals surface area contributed by atoms with E-state index in [0.717, 1.165) is 77.2 Å². The van der Waals surface area contributed by atoms with Gasteiger partial charge in [0, 0.05) is 38.4 Å². The first-order valence-corrected chi connectivity index (χ1v) is 16.3. The lowest BCUT2D eigenvalue weighted by Gasteiger charge is -2.16. The first kappa shape index (κ1) is 28.8. The number of rotatable bonds is 4. The highest BCUT2D eigenvalue weighted by atomic mass is 15.0. The van der Waals surface area contributed by atoms with Crippen LogP contribution in [0.2, 0.25) is 0 Å². The van der Waals surface area contributed by atoms with Crippen molar-refractivity contribution in [1.29, 1.82) is 15.8 Å². The topological polar surface area (TPSA) is 81.2 Å². The molecule has 0 aliphatic heterocycles. The average molecular weight is 636 g/mol. The molecule has 0 spiro atoms. The van der Waals surface area contributed by atoms with Crippen LogP contribution in [0, 0.1) is 34.0 Å². The van der Waals surface area contributed by atoms with E-state index in [9.17, 15) is 15.8 Å². The van der Waals surface area contributed by atoms with Gasteiger partial charge in [-0.25, -0.2) is 0 Å². The zero-order valence-electron chi connectivity index (χ0n) is 26.7. The monoisotopic (exact) mass is 635 g/mol. The minimum atomic E-state index is 0.582. The summed E-state index contributed by atoms with van der Waals surface area (Å²) in [5, 5.41) is 34.0. The third-order valence-electron chi connectivity index (χ3n) is 9.62. The molecule has 9 aromatic rings. The Kier molecular flexibility index (Phi) is 6.56. The van der Waals surface area contributed by atoms with E-state index in [4.69, 9.17) is 0 Å². The summed E-state index contributed by atoms with van der Waals surface area (Å²) in [6.07, 6.45) is 0. The number of nitrogens with zero attached hydrogens (tertiary/aromatic N) is 5. The van der Waals surface area contributed by atoms with Crippen molar-refractivity contribution in [2.24, 2.45) is 0 Å². The SMILES string of the molecule is N#Cc1ccc2c(c1)c1ccccc1n2-c1ccccc1-c1ccc(C#N)c(-c2cccc(-n3c4ccccc4c4ccc(C#N)cc43)c2)c1. The summed E-state index contributed by atoms with van der Waals surface area (Å²) < 4.78 is 4.46. The molecule has 0 amide bonds. The zero-order valence-corrected chi connectivity index (χ0v) is 26.7. The van der Waals surface area contributed by atoms with Crippen molar-refractivity contribution in [3.63, 3.8) is 0 Å². The molecule has 7 aromatic carbocycles. The number of fused-ring (bicyclic) bond motifs is 6. The van der Waals surface area contributed by atoms with Gasteiger partial charge in [-0.3, -0.25) is 0 Å². The van der Waals surface area contributed by atoms with Gasteiger partial charge in [0.25, 0.3) is 0 Å². The third-order valence-corrected chi connectivity index (χ3v) is 9.62. The number of hydrogen-bond donors (Lipinski definition) is 0. The van der Waals surface area contributed by atoms with Crippen LogP contribution in [0.5, 0.6) is 0 Å². The second-order valence-corrected chi connectivity index (χ2v) is 12.3. The molecular formula is C45H25N5. The molecule has 5 heteroatoms. The van der Waals surface area contributed by atoms with Gasteiger partial charge >= 0.3 is 0 Å². The van der Waals surface area contributed by atoms with Gasteiger partial charge in [0.2, 0.25) is 0 Å². The molecule has 0 aliphatic rings. The summed E-state index contributed by atoms with van der Waals surface area (Å²) in [4.78, 5) is 0. The summed E-state index contributed by atoms with van der Waals surface area (Å²) in [5.74, 6) is 0. The summed E-state index contributed by atoms with van der Waals surface area (Å²) in [5.41, 5.74) is 11.6. The molecular weight excluding hydrogens is 611 g/mol. The Bertz CT molecular complexity index is 2970. The molecule has 2 aromatic heterocycles. The Balaban J connectivity index is 1.24. The van der Waals surface area contributed by atoms with Crippen molar-refractivity contribution in [1.82, 2.24) is 9.13 Å². The van der Waals surface area contributed by atoms with Crippen molar-refractivity contribution in [2.75, 3.05) is 0 Å². The minimum absolute atomic E-state index is 0.582. The van der Waals surface area contributed by atoms with Gasteiger partial charge in [0.15, 0.2) is 0 Å². The van der Waals surface area contributed by atoms with Gasteiger partial charge in [0.1, 0.15) is 0 Å². The second-order valence-electron chi connectivity index (χ2n) is 12.3. The van der Waals surface area contributed by atoms with Gasteiger partial charge < -0.3 is 9.13 Å². The third kappa shape index (κ3) is 4.38.